The second-order valence-corrected chi connectivity index (χ2v) is 11.2. The first-order valence-electron chi connectivity index (χ1n) is 12.2. The number of carbonyl (C=O) groups excluding carboxylic acids is 2. The van der Waals surface area contributed by atoms with Gasteiger partial charge in [0.2, 0.25) is 15.9 Å². The number of amides is 2. The van der Waals surface area contributed by atoms with E-state index in [1.54, 1.807) is 24.3 Å². The molecule has 2 atom stereocenters. The van der Waals surface area contributed by atoms with Gasteiger partial charge in [0.25, 0.3) is 0 Å². The van der Waals surface area contributed by atoms with Crippen LogP contribution >= 0.6 is 0 Å². The van der Waals surface area contributed by atoms with Gasteiger partial charge in [0.15, 0.2) is 0 Å². The molecule has 1 saturated heterocycles. The van der Waals surface area contributed by atoms with Crippen molar-refractivity contribution in [1.82, 2.24) is 14.9 Å². The normalized spacial score (nSPS) is 20.4. The van der Waals surface area contributed by atoms with E-state index in [0.29, 0.717) is 23.8 Å². The van der Waals surface area contributed by atoms with Gasteiger partial charge >= 0.3 is 6.09 Å². The zero-order chi connectivity index (χ0) is 25.5. The van der Waals surface area contributed by atoms with Gasteiger partial charge in [-0.25, -0.2) is 13.2 Å². The third-order valence-electron chi connectivity index (χ3n) is 6.39. The van der Waals surface area contributed by atoms with Crippen LogP contribution in [0.5, 0.6) is 5.75 Å². The smallest absolute Gasteiger partial charge is 0.407 e. The Morgan fingerprint density at radius 3 is 2.39 bits per heavy atom. The van der Waals surface area contributed by atoms with Crippen LogP contribution in [-0.2, 0) is 26.0 Å². The van der Waals surface area contributed by atoms with E-state index in [-0.39, 0.29) is 24.7 Å². The maximum absolute atomic E-state index is 12.3. The lowest BCUT2D eigenvalue weighted by Crippen LogP contribution is -2.41. The standard InChI is InChI=1S/C26H33N3O6S/c1-36(32,33)28-25(30)17-19-7-9-21(10-8-19)34-16-15-29-13-11-22(12-14-29)35-26(31)27-24-18-23(24)20-5-3-2-4-6-20/h2-10,22-24H,11-18H2,1H3,(H,27,31)(H,28,30)/t23-,24+/m0/s1. The van der Waals surface area contributed by atoms with Crippen molar-refractivity contribution < 1.29 is 27.5 Å². The van der Waals surface area contributed by atoms with Crippen molar-refractivity contribution in [1.29, 1.82) is 0 Å². The van der Waals surface area contributed by atoms with Crippen LogP contribution in [0.4, 0.5) is 4.79 Å². The molecule has 2 aliphatic rings. The number of hydrogen-bond donors (Lipinski definition) is 2. The van der Waals surface area contributed by atoms with E-state index < -0.39 is 15.9 Å². The molecule has 2 amide bonds. The zero-order valence-electron chi connectivity index (χ0n) is 20.4. The number of sulfonamides is 1. The maximum atomic E-state index is 12.3. The minimum absolute atomic E-state index is 0.0172. The number of carbonyl (C=O) groups is 2. The average molecular weight is 516 g/mol. The minimum atomic E-state index is -3.55. The number of likely N-dealkylation sites (tertiary alicyclic amines) is 1. The van der Waals surface area contributed by atoms with Gasteiger partial charge in [-0.3, -0.25) is 14.4 Å². The predicted octanol–water partition coefficient (Wildman–Crippen LogP) is 2.43. The van der Waals surface area contributed by atoms with Crippen molar-refractivity contribution in [2.75, 3.05) is 32.5 Å². The molecule has 1 heterocycles. The van der Waals surface area contributed by atoms with E-state index in [0.717, 1.165) is 45.2 Å². The van der Waals surface area contributed by atoms with Crippen molar-refractivity contribution in [2.45, 2.75) is 43.7 Å². The minimum Gasteiger partial charge on any atom is -0.492 e. The van der Waals surface area contributed by atoms with Gasteiger partial charge in [-0.2, -0.15) is 0 Å². The van der Waals surface area contributed by atoms with Gasteiger partial charge < -0.3 is 14.8 Å². The molecule has 9 nitrogen and oxygen atoms in total. The van der Waals surface area contributed by atoms with Gasteiger partial charge in [0.1, 0.15) is 18.5 Å². The molecule has 194 valence electrons. The predicted molar refractivity (Wildman–Crippen MR) is 135 cm³/mol. The Kier molecular flexibility index (Phi) is 8.48. The van der Waals surface area contributed by atoms with Gasteiger partial charge in [0, 0.05) is 31.6 Å². The van der Waals surface area contributed by atoms with Crippen LogP contribution < -0.4 is 14.8 Å². The second kappa shape index (κ2) is 11.7. The molecule has 36 heavy (non-hydrogen) atoms. The lowest BCUT2D eigenvalue weighted by Gasteiger charge is -2.31. The number of nitrogens with zero attached hydrogens (tertiary/aromatic N) is 1. The Hall–Kier alpha value is -3.11. The SMILES string of the molecule is CS(=O)(=O)NC(=O)Cc1ccc(OCCN2CCC(OC(=O)N[C@@H]3C[C@H]3c3ccccc3)CC2)cc1. The molecular weight excluding hydrogens is 482 g/mol. The molecule has 2 aromatic rings. The summed E-state index contributed by atoms with van der Waals surface area (Å²) in [6, 6.07) is 17.4. The quantitative estimate of drug-likeness (QED) is 0.500. The molecular formula is C26H33N3O6S. The third kappa shape index (κ3) is 8.23. The van der Waals surface area contributed by atoms with Crippen molar-refractivity contribution in [3.8, 4) is 5.75 Å². The summed E-state index contributed by atoms with van der Waals surface area (Å²) >= 11 is 0. The molecule has 2 aromatic carbocycles. The number of hydrogen-bond acceptors (Lipinski definition) is 7. The summed E-state index contributed by atoms with van der Waals surface area (Å²) in [6.07, 6.45) is 3.09. The van der Waals surface area contributed by atoms with E-state index >= 15 is 0 Å². The third-order valence-corrected chi connectivity index (χ3v) is 6.99. The molecule has 1 aliphatic heterocycles. The summed E-state index contributed by atoms with van der Waals surface area (Å²) in [7, 11) is -3.55. The molecule has 10 heteroatoms. The first-order valence-corrected chi connectivity index (χ1v) is 14.1. The number of benzene rings is 2. The number of alkyl carbamates (subject to hydrolysis) is 1. The lowest BCUT2D eigenvalue weighted by atomic mass is 10.1. The Morgan fingerprint density at radius 1 is 1.03 bits per heavy atom. The van der Waals surface area contributed by atoms with Crippen molar-refractivity contribution in [3.05, 3.63) is 65.7 Å². The molecule has 2 N–H and O–H groups in total. The Bertz CT molecular complexity index is 1130. The maximum Gasteiger partial charge on any atom is 0.407 e. The molecule has 0 spiro atoms. The zero-order valence-corrected chi connectivity index (χ0v) is 21.2. The van der Waals surface area contributed by atoms with Crippen molar-refractivity contribution in [2.24, 2.45) is 0 Å². The second-order valence-electron chi connectivity index (χ2n) is 9.42. The van der Waals surface area contributed by atoms with E-state index in [9.17, 15) is 18.0 Å². The molecule has 0 aromatic heterocycles. The topological polar surface area (TPSA) is 114 Å². The van der Waals surface area contributed by atoms with E-state index in [1.807, 2.05) is 22.9 Å². The fourth-order valence-electron chi connectivity index (χ4n) is 4.44. The number of ether oxygens (including phenoxy) is 2. The van der Waals surface area contributed by atoms with Crippen LogP contribution in [-0.4, -0.2) is 70.0 Å². The molecule has 0 bridgehead atoms. The molecule has 1 saturated carbocycles. The largest absolute Gasteiger partial charge is 0.492 e. The Morgan fingerprint density at radius 2 is 1.72 bits per heavy atom. The number of nitrogens with one attached hydrogen (secondary N) is 2. The summed E-state index contributed by atoms with van der Waals surface area (Å²) in [4.78, 5) is 26.3. The van der Waals surface area contributed by atoms with Crippen LogP contribution in [0.2, 0.25) is 0 Å². The van der Waals surface area contributed by atoms with Crippen LogP contribution in [0.1, 0.15) is 36.3 Å². The van der Waals surface area contributed by atoms with Gasteiger partial charge in [-0.05, 0) is 42.5 Å². The first kappa shape index (κ1) is 26.0. The van der Waals surface area contributed by atoms with Crippen LogP contribution in [0.25, 0.3) is 0 Å². The fraction of sp³-hybridized carbons (Fsp3) is 0.462. The lowest BCUT2D eigenvalue weighted by molar-refractivity contribution is -0.118. The summed E-state index contributed by atoms with van der Waals surface area (Å²) in [6.45, 7) is 2.96. The Labute approximate surface area is 212 Å². The summed E-state index contributed by atoms with van der Waals surface area (Å²) in [5.41, 5.74) is 1.96. The van der Waals surface area contributed by atoms with Crippen molar-refractivity contribution >= 4 is 22.0 Å². The summed E-state index contributed by atoms with van der Waals surface area (Å²) in [5, 5.41) is 2.99. The van der Waals surface area contributed by atoms with Crippen LogP contribution in [0.15, 0.2) is 54.6 Å². The summed E-state index contributed by atoms with van der Waals surface area (Å²) < 4.78 is 35.6. The van der Waals surface area contributed by atoms with E-state index in [1.165, 1.54) is 5.56 Å². The molecule has 0 radical (unpaired) electrons. The highest BCUT2D eigenvalue weighted by Gasteiger charge is 2.40. The number of rotatable bonds is 10. The van der Waals surface area contributed by atoms with Gasteiger partial charge in [-0.15, -0.1) is 0 Å². The highest BCUT2D eigenvalue weighted by molar-refractivity contribution is 7.89. The molecule has 4 rings (SSSR count). The molecule has 2 fully saturated rings. The number of piperidine rings is 1. The molecule has 0 unspecified atom stereocenters. The van der Waals surface area contributed by atoms with Crippen LogP contribution in [0.3, 0.4) is 0 Å². The van der Waals surface area contributed by atoms with Gasteiger partial charge in [-0.1, -0.05) is 42.5 Å². The highest BCUT2D eigenvalue weighted by atomic mass is 32.2. The van der Waals surface area contributed by atoms with Gasteiger partial charge in [0.05, 0.1) is 12.7 Å². The van der Waals surface area contributed by atoms with Crippen LogP contribution in [0, 0.1) is 0 Å². The Balaban J connectivity index is 1.09. The fourth-order valence-corrected chi connectivity index (χ4v) is 4.92. The molecule has 1 aliphatic carbocycles. The monoisotopic (exact) mass is 515 g/mol. The van der Waals surface area contributed by atoms with E-state index in [2.05, 4.69) is 22.3 Å². The average Bonchev–Trinajstić information content (AvgIpc) is 3.59. The highest BCUT2D eigenvalue weighted by Crippen LogP contribution is 2.40. The summed E-state index contributed by atoms with van der Waals surface area (Å²) in [5.74, 6) is 0.502. The van der Waals surface area contributed by atoms with Crippen molar-refractivity contribution in [3.63, 3.8) is 0 Å². The first-order chi connectivity index (χ1) is 17.2. The van der Waals surface area contributed by atoms with E-state index in [4.69, 9.17) is 9.47 Å².